The Morgan fingerprint density at radius 3 is 1.39 bits per heavy atom. The van der Waals surface area contributed by atoms with Crippen LogP contribution in [-0.4, -0.2) is 119 Å². The third-order valence-corrected chi connectivity index (χ3v) is 18.0. The second-order valence-electron chi connectivity index (χ2n) is 20.7. The van der Waals surface area contributed by atoms with Crippen molar-refractivity contribution in [3.63, 3.8) is 0 Å². The van der Waals surface area contributed by atoms with Gasteiger partial charge in [0.15, 0.2) is 12.5 Å². The number of H-pyrrole nitrogens is 2. The molecule has 0 spiro atoms. The molecule has 2 saturated carbocycles. The number of rotatable bonds is 20. The van der Waals surface area contributed by atoms with E-state index in [0.717, 1.165) is 75.9 Å². The largest absolute Gasteiger partial charge is 0.513 e. The van der Waals surface area contributed by atoms with Crippen LogP contribution in [0.4, 0.5) is 30.7 Å². The van der Waals surface area contributed by atoms with Crippen molar-refractivity contribution >= 4 is 50.6 Å². The molecule has 9 rings (SSSR count). The lowest BCUT2D eigenvalue weighted by molar-refractivity contribution is -0.153. The Hall–Kier alpha value is -6.41. The summed E-state index contributed by atoms with van der Waals surface area (Å²) in [5, 5.41) is 27.8. The molecule has 0 amide bonds. The molecule has 0 bridgehead atoms. The summed E-state index contributed by atoms with van der Waals surface area (Å²) in [4.78, 5) is 74.8. The van der Waals surface area contributed by atoms with Crippen LogP contribution in [0.1, 0.15) is 90.5 Å². The van der Waals surface area contributed by atoms with Crippen LogP contribution in [0.25, 0.3) is 0 Å². The number of alkyl halides is 4. The van der Waals surface area contributed by atoms with Crippen LogP contribution in [0, 0.1) is 29.1 Å². The van der Waals surface area contributed by atoms with E-state index in [0.29, 0.717) is 22.0 Å². The molecule has 4 aliphatic rings. The highest BCUT2D eigenvalue weighted by molar-refractivity contribution is 7.52. The van der Waals surface area contributed by atoms with E-state index < -0.39 is 157 Å². The SMILES string of the molecule is C[C@H](NP(=O)(OC[C@H]1O[C@@H](n2ccc(=O)[nH]c2=O)[C@@](F)(Cl)[C@@H]1O)Oc1ccccc1)C(=O)OC1CCCCC1.C[C@H](NP(=O)(Oc1ccccc1)Oc1c(F)c(F)c(F)c(F)c1F)C(=O)OC1CCCCC1.O=c1ccn([C@@H]2O[C@H](CO)[C@@H](O)[C@]2(F)Cl)c(=O)[nH]1. The fourth-order valence-corrected chi connectivity index (χ4v) is 12.9. The first-order valence-corrected chi connectivity index (χ1v) is 31.5. The van der Waals surface area contributed by atoms with Gasteiger partial charge in [-0.2, -0.15) is 19.0 Å². The van der Waals surface area contributed by atoms with E-state index in [4.69, 9.17) is 65.4 Å². The number of para-hydroxylation sites is 2. The first-order chi connectivity index (χ1) is 42.5. The fourth-order valence-electron chi connectivity index (χ4n) is 9.29. The Labute approximate surface area is 515 Å². The summed E-state index contributed by atoms with van der Waals surface area (Å²) < 4.78 is 169. The molecule has 2 aliphatic heterocycles. The van der Waals surface area contributed by atoms with Crippen molar-refractivity contribution in [1.82, 2.24) is 29.3 Å². The molecule has 2 unspecified atom stereocenters. The molecule has 25 nitrogen and oxygen atoms in total. The summed E-state index contributed by atoms with van der Waals surface area (Å²) in [6, 6.07) is 14.6. The molecule has 12 atom stereocenters. The lowest BCUT2D eigenvalue weighted by Gasteiger charge is -2.27. The standard InChI is InChI=1S/C24H30ClFN3O9P.C21H21F5NO5P.C9H10ClFN2O5/c1-15(21(32)36-16-8-4-2-5-9-16)28-39(34,38-17-10-6-3-7-11-17)35-14-18-20(31)24(25,26)22(37-18)29-13-12-19(30)27-23(29)33;1-12(21(28)30-13-8-4-2-5-9-13)27-33(29,31-14-10-6-3-7-11-14)32-20-18(25)16(23)15(22)17(24)19(20)26;10-9(11)6(16)4(3-14)18-7(9)13-2-1-5(15)12-8(13)17/h3,6-7,10-13,15-16,18,20,22,31H,2,4-5,8-9,14H2,1H3,(H,28,34)(H,27,30,33);3,6-7,10-13H,2,4-5,8-9H2,1H3,(H,27,29);1-2,4,6-7,14,16H,3H2,(H,12,15,17)/t15-,18+,20+,22+,24+,39?;12-,33?;4-,6-,7-,9-/m001/s1. The van der Waals surface area contributed by atoms with Gasteiger partial charge in [-0.15, -0.1) is 0 Å². The Kier molecular flexibility index (Phi) is 24.3. The van der Waals surface area contributed by atoms with Gasteiger partial charge in [0, 0.05) is 24.5 Å². The smallest absolute Gasteiger partial charge is 0.461 e. The van der Waals surface area contributed by atoms with Crippen molar-refractivity contribution in [1.29, 1.82) is 0 Å². The number of esters is 2. The van der Waals surface area contributed by atoms with Gasteiger partial charge >= 0.3 is 38.8 Å². The van der Waals surface area contributed by atoms with Crippen molar-refractivity contribution in [2.45, 2.75) is 149 Å². The van der Waals surface area contributed by atoms with Crippen LogP contribution in [0.5, 0.6) is 17.2 Å². The van der Waals surface area contributed by atoms with E-state index in [9.17, 15) is 74.5 Å². The molecule has 90 heavy (non-hydrogen) atoms. The zero-order valence-electron chi connectivity index (χ0n) is 47.4. The second-order valence-corrected chi connectivity index (χ2v) is 25.2. The maximum absolute atomic E-state index is 15.3. The number of aliphatic hydroxyl groups is 3. The summed E-state index contributed by atoms with van der Waals surface area (Å²) in [5.74, 6) is -15.0. The molecule has 3 aromatic carbocycles. The number of benzene rings is 3. The predicted octanol–water partition coefficient (Wildman–Crippen LogP) is 7.25. The normalized spacial score (nSPS) is 25.6. The van der Waals surface area contributed by atoms with Gasteiger partial charge in [0.2, 0.25) is 34.8 Å². The van der Waals surface area contributed by atoms with Gasteiger partial charge in [-0.1, -0.05) is 72.4 Å². The van der Waals surface area contributed by atoms with Crippen LogP contribution in [0.15, 0.2) is 104 Å². The number of carbonyl (C=O) groups is 2. The Morgan fingerprint density at radius 2 is 0.989 bits per heavy atom. The first-order valence-electron chi connectivity index (χ1n) is 27.7. The highest BCUT2D eigenvalue weighted by Gasteiger charge is 2.59. The van der Waals surface area contributed by atoms with Gasteiger partial charge in [-0.05, 0) is 89.5 Å². The molecule has 4 heterocycles. The summed E-state index contributed by atoms with van der Waals surface area (Å²) in [7, 11) is -9.28. The molecule has 2 saturated heterocycles. The number of nitrogens with one attached hydrogen (secondary N) is 4. The molecule has 4 fully saturated rings. The minimum atomic E-state index is -4.92. The molecular formula is C54H61Cl2F7N6O19P2. The van der Waals surface area contributed by atoms with Crippen LogP contribution >= 0.6 is 38.7 Å². The molecule has 2 aliphatic carbocycles. The summed E-state index contributed by atoms with van der Waals surface area (Å²) >= 11 is 11.4. The number of hydrogen-bond donors (Lipinski definition) is 7. The van der Waals surface area contributed by atoms with E-state index in [1.807, 2.05) is 9.97 Å². The third-order valence-electron chi connectivity index (χ3n) is 14.0. The van der Waals surface area contributed by atoms with E-state index in [2.05, 4.69) is 10.2 Å². The molecule has 36 heteroatoms. The second kappa shape index (κ2) is 30.8. The van der Waals surface area contributed by atoms with Gasteiger partial charge in [0.25, 0.3) is 21.4 Å². The number of carbonyl (C=O) groups excluding carboxylic acids is 2. The fraction of sp³-hybridized carbons (Fsp3) is 0.481. The quantitative estimate of drug-likeness (QED) is 0.0101. The molecule has 5 aromatic rings. The van der Waals surface area contributed by atoms with E-state index in [-0.39, 0.29) is 23.7 Å². The Morgan fingerprint density at radius 1 is 0.611 bits per heavy atom. The molecule has 7 N–H and O–H groups in total. The molecule has 494 valence electrons. The summed E-state index contributed by atoms with van der Waals surface area (Å²) in [5.41, 5.74) is -3.34. The highest BCUT2D eigenvalue weighted by atomic mass is 35.5. The van der Waals surface area contributed by atoms with Crippen LogP contribution < -0.4 is 46.2 Å². The molecule has 0 radical (unpaired) electrons. The number of nitrogens with zero attached hydrogens (tertiary/aromatic N) is 2. The third kappa shape index (κ3) is 17.8. The number of ether oxygens (including phenoxy) is 4. The van der Waals surface area contributed by atoms with Crippen LogP contribution in [-0.2, 0) is 42.2 Å². The van der Waals surface area contributed by atoms with Crippen molar-refractivity contribution < 1.29 is 102 Å². The lowest BCUT2D eigenvalue weighted by Crippen LogP contribution is -2.42. The topological polar surface area (TPSA) is 337 Å². The summed E-state index contributed by atoms with van der Waals surface area (Å²) in [6.45, 7) is 1.29. The maximum Gasteiger partial charge on any atom is 0.513 e. The predicted molar refractivity (Wildman–Crippen MR) is 302 cm³/mol. The van der Waals surface area contributed by atoms with Crippen molar-refractivity contribution in [3.8, 4) is 17.2 Å². The van der Waals surface area contributed by atoms with E-state index in [1.54, 1.807) is 24.3 Å². The number of aliphatic hydroxyl groups excluding tert-OH is 3. The van der Waals surface area contributed by atoms with Gasteiger partial charge in [-0.3, -0.25) is 42.8 Å². The number of aromatic amines is 2. The zero-order chi connectivity index (χ0) is 65.9. The highest BCUT2D eigenvalue weighted by Crippen LogP contribution is 2.50. The van der Waals surface area contributed by atoms with Crippen molar-refractivity contribution in [2.75, 3.05) is 13.2 Å². The van der Waals surface area contributed by atoms with Gasteiger partial charge in [0.1, 0.15) is 60.2 Å². The monoisotopic (exact) mass is 1360 g/mol. The first kappa shape index (κ1) is 71.0. The maximum atomic E-state index is 15.3. The minimum Gasteiger partial charge on any atom is -0.461 e. The van der Waals surface area contributed by atoms with Crippen molar-refractivity contribution in [3.05, 3.63) is 156 Å². The Balaban J connectivity index is 0.000000204. The van der Waals surface area contributed by atoms with E-state index in [1.165, 1.54) is 50.2 Å². The average molecular weight is 1360 g/mol. The summed E-state index contributed by atoms with van der Waals surface area (Å²) in [6.07, 6.45) is -0.205. The number of halogens is 9. The lowest BCUT2D eigenvalue weighted by atomic mass is 9.98. The van der Waals surface area contributed by atoms with Crippen LogP contribution in [0.2, 0.25) is 0 Å². The minimum absolute atomic E-state index is 0.120. The van der Waals surface area contributed by atoms with Gasteiger partial charge in [-0.25, -0.2) is 40.7 Å². The average Bonchev–Trinajstić information content (AvgIpc) is 1.56. The number of hydrogen-bond acceptors (Lipinski definition) is 19. The van der Waals surface area contributed by atoms with Crippen LogP contribution in [0.3, 0.4) is 0 Å². The zero-order valence-corrected chi connectivity index (χ0v) is 50.7. The van der Waals surface area contributed by atoms with Crippen molar-refractivity contribution in [2.24, 2.45) is 0 Å². The number of aromatic nitrogens is 4. The van der Waals surface area contributed by atoms with E-state index >= 15 is 4.39 Å². The Bertz CT molecular complexity index is 3600. The van der Waals surface area contributed by atoms with Gasteiger partial charge < -0.3 is 47.8 Å². The van der Waals surface area contributed by atoms with Gasteiger partial charge in [0.05, 0.1) is 13.2 Å². The molecular weight excluding hydrogens is 1300 g/mol. The molecule has 2 aromatic heterocycles.